The maximum atomic E-state index is 8.49. The van der Waals surface area contributed by atoms with Crippen molar-refractivity contribution in [3.05, 3.63) is 0 Å². The fraction of sp³-hybridized carbons (Fsp3) is 0.857. The molecule has 1 aliphatic carbocycles. The molecule has 0 aromatic rings. The predicted molar refractivity (Wildman–Crippen MR) is 35.5 cm³/mol. The molecule has 0 aromatic heterocycles. The monoisotopic (exact) mass is 124 g/mol. The zero-order valence-corrected chi connectivity index (χ0v) is 5.51. The van der Waals surface area contributed by atoms with Crippen molar-refractivity contribution in [2.75, 3.05) is 0 Å². The van der Waals surface area contributed by atoms with E-state index in [-0.39, 0.29) is 0 Å². The first kappa shape index (κ1) is 6.57. The molecule has 2 heteroatoms. The van der Waals surface area contributed by atoms with Gasteiger partial charge in [0, 0.05) is 12.0 Å². The van der Waals surface area contributed by atoms with Gasteiger partial charge in [0.15, 0.2) is 0 Å². The number of hydrogen-bond acceptors (Lipinski definition) is 2. The average molecular weight is 124 g/mol. The molecule has 0 spiro atoms. The first-order valence-electron chi connectivity index (χ1n) is 3.48. The van der Waals surface area contributed by atoms with E-state index in [1.54, 1.807) is 0 Å². The molecule has 0 atom stereocenters. The van der Waals surface area contributed by atoms with Crippen molar-refractivity contribution < 1.29 is 0 Å². The van der Waals surface area contributed by atoms with Crippen molar-refractivity contribution >= 4 is 0 Å². The predicted octanol–water partition coefficient (Wildman–Crippen LogP) is 1.03. The summed E-state index contributed by atoms with van der Waals surface area (Å²) in [7, 11) is 0. The molecule has 0 radical (unpaired) electrons. The average Bonchev–Trinajstić information content (AvgIpc) is 1.90. The van der Waals surface area contributed by atoms with E-state index in [1.807, 2.05) is 0 Å². The summed E-state index contributed by atoms with van der Waals surface area (Å²) in [6, 6.07) is 2.64. The quantitative estimate of drug-likeness (QED) is 0.524. The zero-order valence-electron chi connectivity index (χ0n) is 5.51. The van der Waals surface area contributed by atoms with Crippen LogP contribution in [-0.4, -0.2) is 6.04 Å². The van der Waals surface area contributed by atoms with E-state index in [2.05, 4.69) is 6.07 Å². The highest BCUT2D eigenvalue weighted by Crippen LogP contribution is 2.21. The van der Waals surface area contributed by atoms with E-state index in [1.165, 1.54) is 0 Å². The van der Waals surface area contributed by atoms with E-state index in [9.17, 15) is 0 Å². The standard InChI is InChI=1S/C7H12N2/c8-5-6-1-3-7(9)4-2-6/h6-7H,1-4,9H2. The van der Waals surface area contributed by atoms with Gasteiger partial charge in [0.2, 0.25) is 0 Å². The lowest BCUT2D eigenvalue weighted by atomic mass is 9.88. The summed E-state index contributed by atoms with van der Waals surface area (Å²) in [5.41, 5.74) is 5.64. The molecule has 2 N–H and O–H groups in total. The summed E-state index contributed by atoms with van der Waals surface area (Å²) in [4.78, 5) is 0. The highest BCUT2D eigenvalue weighted by atomic mass is 14.6. The second kappa shape index (κ2) is 2.84. The molecule has 0 bridgehead atoms. The van der Waals surface area contributed by atoms with Crippen LogP contribution in [0.5, 0.6) is 0 Å². The molecule has 50 valence electrons. The van der Waals surface area contributed by atoms with Gasteiger partial charge < -0.3 is 5.73 Å². The van der Waals surface area contributed by atoms with Crippen LogP contribution in [0.15, 0.2) is 0 Å². The summed E-state index contributed by atoms with van der Waals surface area (Å²) in [5.74, 6) is 0.296. The molecule has 1 saturated carbocycles. The van der Waals surface area contributed by atoms with Crippen LogP contribution in [0.1, 0.15) is 25.7 Å². The van der Waals surface area contributed by atoms with E-state index in [0.29, 0.717) is 12.0 Å². The summed E-state index contributed by atoms with van der Waals surface area (Å²) in [6.07, 6.45) is 4.10. The van der Waals surface area contributed by atoms with Gasteiger partial charge in [0.1, 0.15) is 0 Å². The minimum absolute atomic E-state index is 0.296. The van der Waals surface area contributed by atoms with Crippen molar-refractivity contribution in [2.24, 2.45) is 11.7 Å². The number of nitrogens with two attached hydrogens (primary N) is 1. The number of hydrogen-bond donors (Lipinski definition) is 1. The van der Waals surface area contributed by atoms with Crippen LogP contribution >= 0.6 is 0 Å². The summed E-state index contributed by atoms with van der Waals surface area (Å²) < 4.78 is 0. The molecular formula is C7H12N2. The maximum Gasteiger partial charge on any atom is 0.0655 e. The topological polar surface area (TPSA) is 49.8 Å². The van der Waals surface area contributed by atoms with Crippen LogP contribution in [0.3, 0.4) is 0 Å². The van der Waals surface area contributed by atoms with Gasteiger partial charge in [0.25, 0.3) is 0 Å². The van der Waals surface area contributed by atoms with Gasteiger partial charge in [-0.1, -0.05) is 0 Å². The SMILES string of the molecule is N#CC1CCC(N)CC1. The van der Waals surface area contributed by atoms with Crippen molar-refractivity contribution in [1.82, 2.24) is 0 Å². The molecule has 2 nitrogen and oxygen atoms in total. The second-order valence-corrected chi connectivity index (χ2v) is 2.74. The van der Waals surface area contributed by atoms with Gasteiger partial charge in [-0.3, -0.25) is 0 Å². The highest BCUT2D eigenvalue weighted by molar-refractivity contribution is 4.87. The van der Waals surface area contributed by atoms with Gasteiger partial charge in [-0.25, -0.2) is 0 Å². The van der Waals surface area contributed by atoms with Crippen LogP contribution in [0.2, 0.25) is 0 Å². The Labute approximate surface area is 55.7 Å². The van der Waals surface area contributed by atoms with E-state index < -0.39 is 0 Å². The molecular weight excluding hydrogens is 112 g/mol. The lowest BCUT2D eigenvalue weighted by Crippen LogP contribution is -2.25. The van der Waals surface area contributed by atoms with Crippen molar-refractivity contribution in [2.45, 2.75) is 31.7 Å². The van der Waals surface area contributed by atoms with Gasteiger partial charge in [-0.2, -0.15) is 5.26 Å². The van der Waals surface area contributed by atoms with Crippen molar-refractivity contribution in [3.8, 4) is 6.07 Å². The molecule has 0 unspecified atom stereocenters. The first-order chi connectivity index (χ1) is 4.33. The molecule has 1 fully saturated rings. The Hall–Kier alpha value is -0.550. The molecule has 0 aromatic carbocycles. The van der Waals surface area contributed by atoms with Crippen molar-refractivity contribution in [1.29, 1.82) is 5.26 Å². The Kier molecular flexibility index (Phi) is 2.07. The van der Waals surface area contributed by atoms with E-state index in [0.717, 1.165) is 25.7 Å². The van der Waals surface area contributed by atoms with E-state index in [4.69, 9.17) is 11.0 Å². The third-order valence-corrected chi connectivity index (χ3v) is 1.95. The van der Waals surface area contributed by atoms with Crippen molar-refractivity contribution in [3.63, 3.8) is 0 Å². The minimum atomic E-state index is 0.296. The Morgan fingerprint density at radius 2 is 1.78 bits per heavy atom. The second-order valence-electron chi connectivity index (χ2n) is 2.74. The third kappa shape index (κ3) is 1.69. The molecule has 9 heavy (non-hydrogen) atoms. The van der Waals surface area contributed by atoms with Gasteiger partial charge >= 0.3 is 0 Å². The maximum absolute atomic E-state index is 8.49. The fourth-order valence-corrected chi connectivity index (χ4v) is 1.25. The first-order valence-corrected chi connectivity index (χ1v) is 3.48. The van der Waals surface area contributed by atoms with Crippen LogP contribution < -0.4 is 5.73 Å². The molecule has 0 aliphatic heterocycles. The lowest BCUT2D eigenvalue weighted by Gasteiger charge is -2.20. The summed E-state index contributed by atoms with van der Waals surface area (Å²) in [6.45, 7) is 0. The molecule has 0 heterocycles. The van der Waals surface area contributed by atoms with Gasteiger partial charge in [-0.05, 0) is 25.7 Å². The van der Waals surface area contributed by atoms with Crippen LogP contribution in [0.25, 0.3) is 0 Å². The Bertz CT molecular complexity index is 117. The minimum Gasteiger partial charge on any atom is -0.328 e. The number of nitrogens with zero attached hydrogens (tertiary/aromatic N) is 1. The number of rotatable bonds is 0. The largest absolute Gasteiger partial charge is 0.328 e. The fourth-order valence-electron chi connectivity index (χ4n) is 1.25. The van der Waals surface area contributed by atoms with Crippen LogP contribution in [0.4, 0.5) is 0 Å². The Balaban J connectivity index is 2.28. The molecule has 1 aliphatic rings. The summed E-state index contributed by atoms with van der Waals surface area (Å²) in [5, 5.41) is 8.49. The molecule has 1 rings (SSSR count). The Morgan fingerprint density at radius 1 is 1.22 bits per heavy atom. The molecule has 0 saturated heterocycles. The molecule has 0 amide bonds. The smallest absolute Gasteiger partial charge is 0.0655 e. The van der Waals surface area contributed by atoms with Crippen LogP contribution in [0, 0.1) is 17.2 Å². The van der Waals surface area contributed by atoms with Gasteiger partial charge in [0.05, 0.1) is 6.07 Å². The lowest BCUT2D eigenvalue weighted by molar-refractivity contribution is 0.381. The van der Waals surface area contributed by atoms with E-state index >= 15 is 0 Å². The normalized spacial score (nSPS) is 35.6. The number of nitriles is 1. The zero-order chi connectivity index (χ0) is 6.69. The van der Waals surface area contributed by atoms with Gasteiger partial charge in [-0.15, -0.1) is 0 Å². The summed E-state index contributed by atoms with van der Waals surface area (Å²) >= 11 is 0. The third-order valence-electron chi connectivity index (χ3n) is 1.95. The Morgan fingerprint density at radius 3 is 2.22 bits per heavy atom. The highest BCUT2D eigenvalue weighted by Gasteiger charge is 2.16. The van der Waals surface area contributed by atoms with Crippen LogP contribution in [-0.2, 0) is 0 Å².